The Morgan fingerprint density at radius 1 is 1.60 bits per heavy atom. The first-order chi connectivity index (χ1) is 7.02. The number of nitrogen functional groups attached to an aromatic ring is 1. The molecule has 0 saturated carbocycles. The monoisotopic (exact) mass is 228 g/mol. The van der Waals surface area contributed by atoms with E-state index in [-0.39, 0.29) is 5.69 Å². The molecule has 0 saturated heterocycles. The molecule has 1 heterocycles. The summed E-state index contributed by atoms with van der Waals surface area (Å²) in [6.07, 6.45) is 0. The van der Waals surface area contributed by atoms with Gasteiger partial charge in [0, 0.05) is 11.3 Å². The van der Waals surface area contributed by atoms with Crippen LogP contribution >= 0.6 is 11.8 Å². The fourth-order valence-electron chi connectivity index (χ4n) is 0.973. The molecule has 0 aromatic carbocycles. The molecule has 0 fully saturated rings. The second-order valence-corrected chi connectivity index (χ2v) is 4.71. The highest BCUT2D eigenvalue weighted by Crippen LogP contribution is 2.26. The fraction of sp³-hybridized carbons (Fsp3) is 0.375. The van der Waals surface area contributed by atoms with E-state index in [1.807, 2.05) is 13.8 Å². The number of hydrazine groups is 1. The van der Waals surface area contributed by atoms with Crippen molar-refractivity contribution in [2.75, 3.05) is 5.43 Å². The predicted octanol–water partition coefficient (Wildman–Crippen LogP) is 1.78. The van der Waals surface area contributed by atoms with Gasteiger partial charge < -0.3 is 5.43 Å². The van der Waals surface area contributed by atoms with Crippen molar-refractivity contribution in [2.24, 2.45) is 5.84 Å². The third-order valence-electron chi connectivity index (χ3n) is 1.50. The Balaban J connectivity index is 3.05. The molecule has 1 aromatic heterocycles. The fourth-order valence-corrected chi connectivity index (χ4v) is 1.80. The lowest BCUT2D eigenvalue weighted by Crippen LogP contribution is -2.09. The van der Waals surface area contributed by atoms with Gasteiger partial charge in [0.1, 0.15) is 10.8 Å². The molecule has 82 valence electrons. The number of hydrogen-bond donors (Lipinski definition) is 2. The van der Waals surface area contributed by atoms with Gasteiger partial charge >= 0.3 is 0 Å². The van der Waals surface area contributed by atoms with E-state index in [2.05, 4.69) is 10.4 Å². The van der Waals surface area contributed by atoms with Crippen molar-refractivity contribution >= 4 is 23.3 Å². The molecule has 0 bridgehead atoms. The van der Waals surface area contributed by atoms with Gasteiger partial charge in [-0.05, 0) is 0 Å². The number of nitrogens with zero attached hydrogens (tertiary/aromatic N) is 2. The van der Waals surface area contributed by atoms with Crippen molar-refractivity contribution in [1.29, 1.82) is 0 Å². The highest BCUT2D eigenvalue weighted by atomic mass is 32.2. The summed E-state index contributed by atoms with van der Waals surface area (Å²) in [6, 6.07) is 2.73. The van der Waals surface area contributed by atoms with Crippen LogP contribution in [0.5, 0.6) is 0 Å². The molecule has 0 radical (unpaired) electrons. The predicted molar refractivity (Wildman–Crippen MR) is 59.7 cm³/mol. The molecule has 0 aliphatic carbocycles. The normalized spacial score (nSPS) is 10.4. The zero-order valence-electron chi connectivity index (χ0n) is 8.43. The smallest absolute Gasteiger partial charge is 0.275 e. The number of thioether (sulfide) groups is 1. The molecule has 7 heteroatoms. The van der Waals surface area contributed by atoms with Crippen LogP contribution in [0, 0.1) is 10.1 Å². The van der Waals surface area contributed by atoms with E-state index >= 15 is 0 Å². The number of aromatic nitrogens is 1. The molecule has 0 unspecified atom stereocenters. The second-order valence-electron chi connectivity index (χ2n) is 3.12. The number of rotatable bonds is 4. The first-order valence-electron chi connectivity index (χ1n) is 4.32. The van der Waals surface area contributed by atoms with Gasteiger partial charge in [-0.15, -0.1) is 11.8 Å². The number of nitrogens with one attached hydrogen (secondary N) is 1. The van der Waals surface area contributed by atoms with E-state index in [9.17, 15) is 10.1 Å². The van der Waals surface area contributed by atoms with E-state index in [1.54, 1.807) is 0 Å². The minimum Gasteiger partial charge on any atom is -0.308 e. The van der Waals surface area contributed by atoms with Crippen molar-refractivity contribution < 1.29 is 4.92 Å². The number of hydrogen-bond acceptors (Lipinski definition) is 6. The van der Waals surface area contributed by atoms with Crippen LogP contribution in [-0.4, -0.2) is 15.2 Å². The Kier molecular flexibility index (Phi) is 3.87. The van der Waals surface area contributed by atoms with Gasteiger partial charge in [0.25, 0.3) is 5.69 Å². The summed E-state index contributed by atoms with van der Waals surface area (Å²) in [5, 5.41) is 11.5. The standard InChI is InChI=1S/C8H12N4O2S/c1-5(2)15-8-4-6(12(13)14)3-7(10-8)11-9/h3-5H,9H2,1-2H3,(H,10,11). The van der Waals surface area contributed by atoms with Crippen LogP contribution in [0.15, 0.2) is 17.2 Å². The van der Waals surface area contributed by atoms with Crippen LogP contribution in [0.1, 0.15) is 13.8 Å². The van der Waals surface area contributed by atoms with E-state index in [1.165, 1.54) is 23.9 Å². The molecule has 0 amide bonds. The van der Waals surface area contributed by atoms with Gasteiger partial charge in [-0.2, -0.15) is 0 Å². The lowest BCUT2D eigenvalue weighted by molar-refractivity contribution is -0.385. The van der Waals surface area contributed by atoms with Gasteiger partial charge in [-0.3, -0.25) is 10.1 Å². The summed E-state index contributed by atoms with van der Waals surface area (Å²) in [5.74, 6) is 5.47. The number of nitrogens with two attached hydrogens (primary N) is 1. The van der Waals surface area contributed by atoms with Crippen LogP contribution in [0.25, 0.3) is 0 Å². The topological polar surface area (TPSA) is 94.1 Å². The first kappa shape index (κ1) is 11.7. The van der Waals surface area contributed by atoms with Crippen molar-refractivity contribution in [3.8, 4) is 0 Å². The summed E-state index contributed by atoms with van der Waals surface area (Å²) < 4.78 is 0. The third kappa shape index (κ3) is 3.37. The molecular weight excluding hydrogens is 216 g/mol. The maximum Gasteiger partial charge on any atom is 0.275 e. The molecule has 3 N–H and O–H groups in total. The number of anilines is 1. The molecular formula is C8H12N4O2S. The third-order valence-corrected chi connectivity index (χ3v) is 2.42. The van der Waals surface area contributed by atoms with Crippen molar-refractivity contribution in [3.05, 3.63) is 22.2 Å². The second kappa shape index (κ2) is 4.94. The molecule has 0 aliphatic heterocycles. The quantitative estimate of drug-likeness (QED) is 0.353. The Hall–Kier alpha value is -1.34. The first-order valence-corrected chi connectivity index (χ1v) is 5.20. The molecule has 6 nitrogen and oxygen atoms in total. The number of pyridine rings is 1. The average molecular weight is 228 g/mol. The van der Waals surface area contributed by atoms with Gasteiger partial charge in [-0.1, -0.05) is 13.8 Å². The number of nitro groups is 1. The summed E-state index contributed by atoms with van der Waals surface area (Å²) in [4.78, 5) is 14.2. The van der Waals surface area contributed by atoms with Gasteiger partial charge in [0.05, 0.1) is 11.0 Å². The van der Waals surface area contributed by atoms with Crippen LogP contribution in [0.4, 0.5) is 11.5 Å². The van der Waals surface area contributed by atoms with Crippen molar-refractivity contribution in [1.82, 2.24) is 4.98 Å². The maximum atomic E-state index is 10.6. The molecule has 0 aliphatic rings. The Morgan fingerprint density at radius 2 is 2.27 bits per heavy atom. The Bertz CT molecular complexity index is 370. The highest BCUT2D eigenvalue weighted by molar-refractivity contribution is 7.99. The SMILES string of the molecule is CC(C)Sc1cc([N+](=O)[O-])cc(NN)n1. The minimum atomic E-state index is -0.465. The lowest BCUT2D eigenvalue weighted by Gasteiger charge is -2.05. The average Bonchev–Trinajstić information content (AvgIpc) is 2.16. The molecule has 0 spiro atoms. The summed E-state index contributed by atoms with van der Waals surface area (Å²) in [7, 11) is 0. The van der Waals surface area contributed by atoms with E-state index in [4.69, 9.17) is 5.84 Å². The molecule has 0 atom stereocenters. The molecule has 1 aromatic rings. The Labute approximate surface area is 91.4 Å². The van der Waals surface area contributed by atoms with Gasteiger partial charge in [-0.25, -0.2) is 10.8 Å². The minimum absolute atomic E-state index is 0.0129. The molecule has 1 rings (SSSR count). The maximum absolute atomic E-state index is 10.6. The van der Waals surface area contributed by atoms with Crippen molar-refractivity contribution in [3.63, 3.8) is 0 Å². The van der Waals surface area contributed by atoms with E-state index < -0.39 is 4.92 Å². The zero-order valence-corrected chi connectivity index (χ0v) is 9.25. The zero-order chi connectivity index (χ0) is 11.4. The van der Waals surface area contributed by atoms with Crippen LogP contribution in [0.2, 0.25) is 0 Å². The van der Waals surface area contributed by atoms with Crippen LogP contribution < -0.4 is 11.3 Å². The summed E-state index contributed by atoms with van der Waals surface area (Å²) in [5.41, 5.74) is 2.29. The van der Waals surface area contributed by atoms with Gasteiger partial charge in [0.15, 0.2) is 0 Å². The summed E-state index contributed by atoms with van der Waals surface area (Å²) >= 11 is 1.45. The highest BCUT2D eigenvalue weighted by Gasteiger charge is 2.11. The Morgan fingerprint density at radius 3 is 2.73 bits per heavy atom. The van der Waals surface area contributed by atoms with Crippen LogP contribution in [-0.2, 0) is 0 Å². The summed E-state index contributed by atoms with van der Waals surface area (Å²) in [6.45, 7) is 3.97. The van der Waals surface area contributed by atoms with E-state index in [0.717, 1.165) is 0 Å². The van der Waals surface area contributed by atoms with E-state index in [0.29, 0.717) is 16.1 Å². The van der Waals surface area contributed by atoms with Gasteiger partial charge in [0.2, 0.25) is 0 Å². The largest absolute Gasteiger partial charge is 0.308 e. The van der Waals surface area contributed by atoms with Crippen LogP contribution in [0.3, 0.4) is 0 Å². The lowest BCUT2D eigenvalue weighted by atomic mass is 10.4. The van der Waals surface area contributed by atoms with Crippen molar-refractivity contribution in [2.45, 2.75) is 24.1 Å². The molecule has 15 heavy (non-hydrogen) atoms.